The molecule has 1 fully saturated rings. The van der Waals surface area contributed by atoms with E-state index in [1.807, 2.05) is 0 Å². The Morgan fingerprint density at radius 3 is 2.91 bits per heavy atom. The first-order chi connectivity index (χ1) is 11.1. The van der Waals surface area contributed by atoms with Crippen molar-refractivity contribution in [2.45, 2.75) is 26.2 Å². The summed E-state index contributed by atoms with van der Waals surface area (Å²) in [7, 11) is 0. The molecule has 0 bridgehead atoms. The molecule has 1 aromatic carbocycles. The third kappa shape index (κ3) is 4.94. The van der Waals surface area contributed by atoms with Crippen LogP contribution in [0.5, 0.6) is 0 Å². The highest BCUT2D eigenvalue weighted by atomic mass is 19.1. The van der Waals surface area contributed by atoms with Crippen molar-refractivity contribution in [3.8, 4) is 0 Å². The first-order valence-corrected chi connectivity index (χ1v) is 8.04. The molecule has 1 aliphatic heterocycles. The molecular formula is C17H23FN2O3. The van der Waals surface area contributed by atoms with Crippen molar-refractivity contribution in [2.24, 2.45) is 5.92 Å². The summed E-state index contributed by atoms with van der Waals surface area (Å²) in [6.07, 6.45) is 1.97. The molecule has 1 aromatic rings. The van der Waals surface area contributed by atoms with E-state index in [2.05, 4.69) is 5.32 Å². The van der Waals surface area contributed by atoms with Crippen molar-refractivity contribution in [3.63, 3.8) is 0 Å². The van der Waals surface area contributed by atoms with Crippen LogP contribution < -0.4 is 5.32 Å². The molecule has 1 unspecified atom stereocenters. The Morgan fingerprint density at radius 1 is 1.39 bits per heavy atom. The van der Waals surface area contributed by atoms with Crippen molar-refractivity contribution in [2.75, 3.05) is 26.2 Å². The number of amides is 2. The number of esters is 1. The maximum Gasteiger partial charge on any atom is 0.317 e. The molecule has 1 aliphatic rings. The number of likely N-dealkylation sites (tertiary alicyclic amines) is 1. The van der Waals surface area contributed by atoms with E-state index in [1.54, 1.807) is 30.0 Å². The van der Waals surface area contributed by atoms with Gasteiger partial charge in [-0.15, -0.1) is 0 Å². The van der Waals surface area contributed by atoms with Gasteiger partial charge >= 0.3 is 12.0 Å². The van der Waals surface area contributed by atoms with E-state index in [0.717, 1.165) is 12.8 Å². The number of hydrogen-bond donors (Lipinski definition) is 1. The Kier molecular flexibility index (Phi) is 6.38. The van der Waals surface area contributed by atoms with Crippen LogP contribution in [0, 0.1) is 11.7 Å². The van der Waals surface area contributed by atoms with E-state index in [9.17, 15) is 14.0 Å². The van der Waals surface area contributed by atoms with Crippen LogP contribution in [-0.4, -0.2) is 43.1 Å². The number of nitrogens with one attached hydrogen (secondary N) is 1. The Hall–Kier alpha value is -2.11. The second-order valence-electron chi connectivity index (χ2n) is 5.61. The summed E-state index contributed by atoms with van der Waals surface area (Å²) in [6, 6.07) is 6.32. The minimum absolute atomic E-state index is 0.213. The molecule has 6 heteroatoms. The van der Waals surface area contributed by atoms with Crippen LogP contribution in [0.15, 0.2) is 24.3 Å². The fourth-order valence-electron chi connectivity index (χ4n) is 2.73. The van der Waals surface area contributed by atoms with Gasteiger partial charge in [-0.3, -0.25) is 4.79 Å². The molecule has 23 heavy (non-hydrogen) atoms. The van der Waals surface area contributed by atoms with Gasteiger partial charge < -0.3 is 15.0 Å². The Bertz CT molecular complexity index is 550. The monoisotopic (exact) mass is 322 g/mol. The van der Waals surface area contributed by atoms with Gasteiger partial charge in [0.15, 0.2) is 0 Å². The van der Waals surface area contributed by atoms with Gasteiger partial charge in [-0.1, -0.05) is 18.2 Å². The molecule has 1 saturated heterocycles. The minimum Gasteiger partial charge on any atom is -0.466 e. The molecule has 1 heterocycles. The molecule has 0 aromatic heterocycles. The van der Waals surface area contributed by atoms with Gasteiger partial charge in [0, 0.05) is 19.6 Å². The molecule has 126 valence electrons. The second kappa shape index (κ2) is 8.50. The lowest BCUT2D eigenvalue weighted by Gasteiger charge is -2.31. The number of rotatable bonds is 5. The summed E-state index contributed by atoms with van der Waals surface area (Å²) in [5, 5.41) is 2.79. The molecule has 1 atom stereocenters. The maximum absolute atomic E-state index is 13.5. The van der Waals surface area contributed by atoms with E-state index >= 15 is 0 Å². The molecule has 5 nitrogen and oxygen atoms in total. The average molecular weight is 322 g/mol. The van der Waals surface area contributed by atoms with Crippen LogP contribution in [0.4, 0.5) is 9.18 Å². The van der Waals surface area contributed by atoms with E-state index < -0.39 is 0 Å². The number of piperidine rings is 1. The summed E-state index contributed by atoms with van der Waals surface area (Å²) in [4.78, 5) is 25.6. The van der Waals surface area contributed by atoms with Crippen LogP contribution in [0.25, 0.3) is 0 Å². The van der Waals surface area contributed by atoms with Crippen molar-refractivity contribution >= 4 is 12.0 Å². The number of carbonyl (C=O) groups is 2. The lowest BCUT2D eigenvalue weighted by Crippen LogP contribution is -2.47. The molecule has 1 N–H and O–H groups in total. The highest BCUT2D eigenvalue weighted by Crippen LogP contribution is 2.18. The van der Waals surface area contributed by atoms with Crippen molar-refractivity contribution in [3.05, 3.63) is 35.6 Å². The summed E-state index contributed by atoms with van der Waals surface area (Å²) in [5.74, 6) is -0.750. The highest BCUT2D eigenvalue weighted by Gasteiger charge is 2.29. The Balaban J connectivity index is 1.79. The molecular weight excluding hydrogens is 299 g/mol. The molecule has 0 saturated carbocycles. The van der Waals surface area contributed by atoms with Crippen LogP contribution in [0.3, 0.4) is 0 Å². The summed E-state index contributed by atoms with van der Waals surface area (Å²) in [6.45, 7) is 3.49. The summed E-state index contributed by atoms with van der Waals surface area (Å²) >= 11 is 0. The van der Waals surface area contributed by atoms with Crippen molar-refractivity contribution < 1.29 is 18.7 Å². The van der Waals surface area contributed by atoms with Crippen LogP contribution in [0.2, 0.25) is 0 Å². The number of hydrogen-bond acceptors (Lipinski definition) is 3. The number of carbonyl (C=O) groups excluding carboxylic acids is 2. The Morgan fingerprint density at radius 2 is 2.17 bits per heavy atom. The van der Waals surface area contributed by atoms with Crippen LogP contribution in [-0.2, 0) is 16.0 Å². The number of urea groups is 1. The minimum atomic E-state index is -0.262. The predicted molar refractivity (Wildman–Crippen MR) is 84.4 cm³/mol. The first-order valence-electron chi connectivity index (χ1n) is 8.04. The van der Waals surface area contributed by atoms with E-state index in [-0.39, 0.29) is 23.7 Å². The van der Waals surface area contributed by atoms with Gasteiger partial charge in [-0.05, 0) is 37.8 Å². The average Bonchev–Trinajstić information content (AvgIpc) is 2.57. The zero-order chi connectivity index (χ0) is 16.7. The zero-order valence-corrected chi connectivity index (χ0v) is 13.4. The number of halogens is 1. The quantitative estimate of drug-likeness (QED) is 0.847. The first kappa shape index (κ1) is 17.2. The van der Waals surface area contributed by atoms with Gasteiger partial charge in [0.2, 0.25) is 0 Å². The van der Waals surface area contributed by atoms with E-state index in [1.165, 1.54) is 6.07 Å². The number of benzene rings is 1. The summed E-state index contributed by atoms with van der Waals surface area (Å²) in [5.41, 5.74) is 0.579. The smallest absolute Gasteiger partial charge is 0.317 e. The fraction of sp³-hybridized carbons (Fsp3) is 0.529. The molecule has 0 spiro atoms. The predicted octanol–water partition coefficient (Wildman–Crippen LogP) is 2.35. The van der Waals surface area contributed by atoms with E-state index in [0.29, 0.717) is 38.2 Å². The highest BCUT2D eigenvalue weighted by molar-refractivity contribution is 5.77. The molecule has 2 amide bonds. The normalized spacial score (nSPS) is 17.7. The van der Waals surface area contributed by atoms with Crippen LogP contribution in [0.1, 0.15) is 25.3 Å². The van der Waals surface area contributed by atoms with Gasteiger partial charge in [-0.2, -0.15) is 0 Å². The SMILES string of the molecule is CCOC(=O)C1CCCN(C(=O)NCCc2ccccc2F)C1. The summed E-state index contributed by atoms with van der Waals surface area (Å²) < 4.78 is 18.5. The van der Waals surface area contributed by atoms with Gasteiger partial charge in [0.05, 0.1) is 12.5 Å². The van der Waals surface area contributed by atoms with Gasteiger partial charge in [-0.25, -0.2) is 9.18 Å². The third-order valence-corrected chi connectivity index (χ3v) is 3.96. The topological polar surface area (TPSA) is 58.6 Å². The third-order valence-electron chi connectivity index (χ3n) is 3.96. The van der Waals surface area contributed by atoms with Crippen molar-refractivity contribution in [1.29, 1.82) is 0 Å². The Labute approximate surface area is 135 Å². The standard InChI is InChI=1S/C17H23FN2O3/c1-2-23-16(21)14-7-5-11-20(12-14)17(22)19-10-9-13-6-3-4-8-15(13)18/h3-4,6,8,14H,2,5,7,9-12H2,1H3,(H,19,22). The number of ether oxygens (including phenoxy) is 1. The van der Waals surface area contributed by atoms with Crippen LogP contribution >= 0.6 is 0 Å². The lowest BCUT2D eigenvalue weighted by molar-refractivity contribution is -0.149. The molecule has 2 rings (SSSR count). The van der Waals surface area contributed by atoms with Gasteiger partial charge in [0.25, 0.3) is 0 Å². The number of nitrogens with zero attached hydrogens (tertiary/aromatic N) is 1. The maximum atomic E-state index is 13.5. The van der Waals surface area contributed by atoms with Crippen molar-refractivity contribution in [1.82, 2.24) is 10.2 Å². The fourth-order valence-corrected chi connectivity index (χ4v) is 2.73. The van der Waals surface area contributed by atoms with Gasteiger partial charge in [0.1, 0.15) is 5.82 Å². The zero-order valence-electron chi connectivity index (χ0n) is 13.4. The lowest BCUT2D eigenvalue weighted by atomic mass is 9.98. The second-order valence-corrected chi connectivity index (χ2v) is 5.61. The molecule has 0 aliphatic carbocycles. The largest absolute Gasteiger partial charge is 0.466 e. The molecule has 0 radical (unpaired) electrons. The van der Waals surface area contributed by atoms with E-state index in [4.69, 9.17) is 4.74 Å².